The smallest absolute Gasteiger partial charge is 0.00412 e. The van der Waals surface area contributed by atoms with Crippen LogP contribution in [0.5, 0.6) is 0 Å². The van der Waals surface area contributed by atoms with Crippen LogP contribution in [0.1, 0.15) is 105 Å². The Morgan fingerprint density at radius 2 is 1.20 bits per heavy atom. The quantitative estimate of drug-likeness (QED) is 0.347. The van der Waals surface area contributed by atoms with Gasteiger partial charge in [0, 0.05) is 6.04 Å². The lowest BCUT2D eigenvalue weighted by atomic mass is 10.0. The van der Waals surface area contributed by atoms with E-state index in [1.165, 1.54) is 83.6 Å². The maximum Gasteiger partial charge on any atom is 0.00412 e. The van der Waals surface area contributed by atoms with Crippen LogP contribution in [0, 0.1) is 5.92 Å². The monoisotopic (exact) mass is 283 g/mol. The van der Waals surface area contributed by atoms with Gasteiger partial charge in [-0.1, -0.05) is 85.0 Å². The first-order chi connectivity index (χ1) is 9.70. The Morgan fingerprint density at radius 1 is 0.700 bits per heavy atom. The standard InChI is InChI=1S/C19H41N/c1-5-7-8-9-10-11-12-13-14-15-16-20-19(4)17-18(3)6-2/h18-20H,5-17H2,1-4H3. The average Bonchev–Trinajstić information content (AvgIpc) is 2.44. The molecule has 20 heavy (non-hydrogen) atoms. The predicted octanol–water partition coefficient (Wildman–Crippen LogP) is 6.32. The highest BCUT2D eigenvalue weighted by Crippen LogP contribution is 2.11. The highest BCUT2D eigenvalue weighted by Gasteiger charge is 2.05. The zero-order valence-electron chi connectivity index (χ0n) is 14.8. The summed E-state index contributed by atoms with van der Waals surface area (Å²) in [7, 11) is 0. The van der Waals surface area contributed by atoms with Crippen LogP contribution in [-0.4, -0.2) is 12.6 Å². The normalized spacial score (nSPS) is 14.4. The molecule has 0 aliphatic rings. The van der Waals surface area contributed by atoms with Crippen molar-refractivity contribution in [3.8, 4) is 0 Å². The molecule has 0 aliphatic carbocycles. The fourth-order valence-corrected chi connectivity index (χ4v) is 2.81. The minimum absolute atomic E-state index is 0.698. The molecule has 0 rings (SSSR count). The Balaban J connectivity index is 3.12. The van der Waals surface area contributed by atoms with Crippen LogP contribution < -0.4 is 5.32 Å². The first-order valence-corrected chi connectivity index (χ1v) is 9.44. The Hall–Kier alpha value is -0.0400. The van der Waals surface area contributed by atoms with Gasteiger partial charge in [-0.15, -0.1) is 0 Å². The molecule has 1 heteroatoms. The SMILES string of the molecule is CCCCCCCCCCCCNC(C)CC(C)CC. The molecule has 1 N–H and O–H groups in total. The third kappa shape index (κ3) is 14.4. The van der Waals surface area contributed by atoms with Gasteiger partial charge in [0.2, 0.25) is 0 Å². The maximum absolute atomic E-state index is 3.67. The third-order valence-electron chi connectivity index (χ3n) is 4.48. The van der Waals surface area contributed by atoms with Crippen molar-refractivity contribution < 1.29 is 0 Å². The van der Waals surface area contributed by atoms with Crippen molar-refractivity contribution in [2.24, 2.45) is 5.92 Å². The number of unbranched alkanes of at least 4 members (excludes halogenated alkanes) is 9. The van der Waals surface area contributed by atoms with Gasteiger partial charge < -0.3 is 5.32 Å². The molecule has 0 aromatic carbocycles. The van der Waals surface area contributed by atoms with Crippen molar-refractivity contribution in [1.82, 2.24) is 5.32 Å². The van der Waals surface area contributed by atoms with Crippen molar-refractivity contribution in [3.63, 3.8) is 0 Å². The van der Waals surface area contributed by atoms with Crippen LogP contribution >= 0.6 is 0 Å². The van der Waals surface area contributed by atoms with E-state index in [1.807, 2.05) is 0 Å². The highest BCUT2D eigenvalue weighted by molar-refractivity contribution is 4.64. The van der Waals surface area contributed by atoms with Gasteiger partial charge in [-0.2, -0.15) is 0 Å². The van der Waals surface area contributed by atoms with E-state index in [9.17, 15) is 0 Å². The van der Waals surface area contributed by atoms with Crippen LogP contribution in [0.15, 0.2) is 0 Å². The summed E-state index contributed by atoms with van der Waals surface area (Å²) in [6.45, 7) is 10.5. The molecule has 2 unspecified atom stereocenters. The minimum atomic E-state index is 0.698. The summed E-state index contributed by atoms with van der Waals surface area (Å²) in [6.07, 6.45) is 16.9. The van der Waals surface area contributed by atoms with Crippen molar-refractivity contribution in [2.75, 3.05) is 6.54 Å². The molecule has 0 saturated carbocycles. The first-order valence-electron chi connectivity index (χ1n) is 9.44. The number of hydrogen-bond acceptors (Lipinski definition) is 1. The largest absolute Gasteiger partial charge is 0.314 e. The third-order valence-corrected chi connectivity index (χ3v) is 4.48. The number of hydrogen-bond donors (Lipinski definition) is 1. The van der Waals surface area contributed by atoms with E-state index in [4.69, 9.17) is 0 Å². The lowest BCUT2D eigenvalue weighted by molar-refractivity contribution is 0.407. The van der Waals surface area contributed by atoms with Gasteiger partial charge in [-0.25, -0.2) is 0 Å². The summed E-state index contributed by atoms with van der Waals surface area (Å²) in [5, 5.41) is 3.67. The van der Waals surface area contributed by atoms with Crippen molar-refractivity contribution in [1.29, 1.82) is 0 Å². The second-order valence-electron chi connectivity index (χ2n) is 6.79. The zero-order chi connectivity index (χ0) is 15.1. The lowest BCUT2D eigenvalue weighted by Crippen LogP contribution is -2.28. The molecule has 0 saturated heterocycles. The van der Waals surface area contributed by atoms with Gasteiger partial charge >= 0.3 is 0 Å². The Labute approximate surface area is 129 Å². The van der Waals surface area contributed by atoms with Gasteiger partial charge in [0.15, 0.2) is 0 Å². The molecule has 1 nitrogen and oxygen atoms in total. The maximum atomic E-state index is 3.67. The first kappa shape index (κ1) is 20.0. The fraction of sp³-hybridized carbons (Fsp3) is 1.00. The highest BCUT2D eigenvalue weighted by atomic mass is 14.9. The van der Waals surface area contributed by atoms with E-state index >= 15 is 0 Å². The lowest BCUT2D eigenvalue weighted by Gasteiger charge is -2.17. The molecule has 0 amide bonds. The van der Waals surface area contributed by atoms with Gasteiger partial charge in [0.25, 0.3) is 0 Å². The van der Waals surface area contributed by atoms with E-state index in [0.717, 1.165) is 5.92 Å². The van der Waals surface area contributed by atoms with Crippen molar-refractivity contribution >= 4 is 0 Å². The molecular formula is C19H41N. The van der Waals surface area contributed by atoms with Crippen molar-refractivity contribution in [2.45, 2.75) is 111 Å². The van der Waals surface area contributed by atoms with Crippen molar-refractivity contribution in [3.05, 3.63) is 0 Å². The molecule has 0 heterocycles. The molecule has 0 aliphatic heterocycles. The number of nitrogens with one attached hydrogen (secondary N) is 1. The molecule has 0 radical (unpaired) electrons. The molecule has 2 atom stereocenters. The molecular weight excluding hydrogens is 242 g/mol. The van der Waals surface area contributed by atoms with Crippen LogP contribution in [0.2, 0.25) is 0 Å². The van der Waals surface area contributed by atoms with E-state index in [1.54, 1.807) is 0 Å². The zero-order valence-corrected chi connectivity index (χ0v) is 14.8. The van der Waals surface area contributed by atoms with E-state index in [0.29, 0.717) is 6.04 Å². The second kappa shape index (κ2) is 15.4. The van der Waals surface area contributed by atoms with Gasteiger partial charge in [-0.05, 0) is 32.2 Å². The molecule has 0 spiro atoms. The summed E-state index contributed by atoms with van der Waals surface area (Å²) >= 11 is 0. The summed E-state index contributed by atoms with van der Waals surface area (Å²) in [4.78, 5) is 0. The Kier molecular flexibility index (Phi) is 15.3. The van der Waals surface area contributed by atoms with Gasteiger partial charge in [0.1, 0.15) is 0 Å². The second-order valence-corrected chi connectivity index (χ2v) is 6.79. The van der Waals surface area contributed by atoms with Gasteiger partial charge in [0.05, 0.1) is 0 Å². The van der Waals surface area contributed by atoms with E-state index in [-0.39, 0.29) is 0 Å². The molecule has 122 valence electrons. The van der Waals surface area contributed by atoms with Crippen LogP contribution in [-0.2, 0) is 0 Å². The van der Waals surface area contributed by atoms with Crippen LogP contribution in [0.3, 0.4) is 0 Å². The van der Waals surface area contributed by atoms with Crippen LogP contribution in [0.25, 0.3) is 0 Å². The topological polar surface area (TPSA) is 12.0 Å². The summed E-state index contributed by atoms with van der Waals surface area (Å²) in [5.74, 6) is 0.866. The average molecular weight is 284 g/mol. The van der Waals surface area contributed by atoms with E-state index < -0.39 is 0 Å². The molecule has 0 fully saturated rings. The van der Waals surface area contributed by atoms with Crippen LogP contribution in [0.4, 0.5) is 0 Å². The predicted molar refractivity (Wildman–Crippen MR) is 93.4 cm³/mol. The molecule has 0 aromatic heterocycles. The summed E-state index contributed by atoms with van der Waals surface area (Å²) in [6, 6.07) is 0.698. The minimum Gasteiger partial charge on any atom is -0.314 e. The van der Waals surface area contributed by atoms with Gasteiger partial charge in [-0.3, -0.25) is 0 Å². The molecule has 0 bridgehead atoms. The fourth-order valence-electron chi connectivity index (χ4n) is 2.81. The summed E-state index contributed by atoms with van der Waals surface area (Å²) < 4.78 is 0. The van der Waals surface area contributed by atoms with E-state index in [2.05, 4.69) is 33.0 Å². The molecule has 0 aromatic rings. The Morgan fingerprint density at radius 3 is 1.70 bits per heavy atom. The number of rotatable bonds is 15. The Bertz CT molecular complexity index is 179. The summed E-state index contributed by atoms with van der Waals surface area (Å²) in [5.41, 5.74) is 0.